The van der Waals surface area contributed by atoms with Crippen molar-refractivity contribution in [1.82, 2.24) is 0 Å². The van der Waals surface area contributed by atoms with E-state index in [0.717, 1.165) is 0 Å². The summed E-state index contributed by atoms with van der Waals surface area (Å²) in [4.78, 5) is 22.9. The molecule has 8 heteroatoms. The number of fused-ring (bicyclic) bond motifs is 1. The molecule has 0 fully saturated rings. The zero-order valence-corrected chi connectivity index (χ0v) is 11.5. The highest BCUT2D eigenvalue weighted by Crippen LogP contribution is 2.35. The van der Waals surface area contributed by atoms with Crippen molar-refractivity contribution in [1.29, 1.82) is 0 Å². The Hall–Kier alpha value is -1.57. The molecule has 0 bridgehead atoms. The van der Waals surface area contributed by atoms with E-state index in [9.17, 15) is 22.8 Å². The Morgan fingerprint density at radius 1 is 1.35 bits per heavy atom. The molecule has 1 N–H and O–H groups in total. The Labute approximate surface area is 120 Å². The number of anilines is 1. The van der Waals surface area contributed by atoms with E-state index in [-0.39, 0.29) is 12.1 Å². The molecule has 0 aromatic heterocycles. The minimum atomic E-state index is -5.12. The third-order valence-electron chi connectivity index (χ3n) is 3.05. The maximum atomic E-state index is 12.7. The van der Waals surface area contributed by atoms with Crippen LogP contribution in [0.25, 0.3) is 0 Å². The molecule has 108 valence electrons. The van der Waals surface area contributed by atoms with Crippen LogP contribution in [0.15, 0.2) is 22.7 Å². The number of carbonyl (C=O) groups is 2. The molecule has 1 amide bonds. The van der Waals surface area contributed by atoms with Crippen molar-refractivity contribution in [3.8, 4) is 0 Å². The van der Waals surface area contributed by atoms with Crippen LogP contribution >= 0.6 is 15.9 Å². The molecule has 1 unspecified atom stereocenters. The Balaban J connectivity index is 2.53. The fourth-order valence-corrected chi connectivity index (χ4v) is 2.61. The second kappa shape index (κ2) is 5.08. The van der Waals surface area contributed by atoms with Crippen molar-refractivity contribution in [2.45, 2.75) is 25.1 Å². The predicted octanol–water partition coefficient (Wildman–Crippen LogP) is 2.74. The summed E-state index contributed by atoms with van der Waals surface area (Å²) in [6.07, 6.45) is -4.87. The molecule has 1 atom stereocenters. The van der Waals surface area contributed by atoms with Crippen LogP contribution in [0.5, 0.6) is 0 Å². The van der Waals surface area contributed by atoms with Crippen molar-refractivity contribution in [2.75, 3.05) is 4.90 Å². The van der Waals surface area contributed by atoms with E-state index in [2.05, 4.69) is 15.9 Å². The third kappa shape index (κ3) is 2.65. The molecule has 1 aromatic rings. The number of aliphatic carboxylic acids is 1. The number of carbonyl (C=O) groups excluding carboxylic acids is 1. The number of alkyl halides is 3. The Bertz CT molecular complexity index is 574. The first kappa shape index (κ1) is 14.8. The molecule has 4 nitrogen and oxygen atoms in total. The van der Waals surface area contributed by atoms with Gasteiger partial charge in [-0.2, -0.15) is 13.2 Å². The molecule has 1 heterocycles. The van der Waals surface area contributed by atoms with Crippen molar-refractivity contribution in [3.63, 3.8) is 0 Å². The number of carboxylic acid groups (broad SMARTS) is 1. The van der Waals surface area contributed by atoms with Crippen LogP contribution in [0.2, 0.25) is 0 Å². The number of carboxylic acids is 1. The summed E-state index contributed by atoms with van der Waals surface area (Å²) in [7, 11) is 0. The minimum Gasteiger partial charge on any atom is -0.480 e. The van der Waals surface area contributed by atoms with Crippen molar-refractivity contribution >= 4 is 33.5 Å². The summed E-state index contributed by atoms with van der Waals surface area (Å²) in [5, 5.41) is 9.03. The van der Waals surface area contributed by atoms with Gasteiger partial charge in [0.2, 0.25) is 0 Å². The quantitative estimate of drug-likeness (QED) is 0.846. The predicted molar refractivity (Wildman–Crippen MR) is 67.4 cm³/mol. The number of aryl methyl sites for hydroxylation is 1. The lowest BCUT2D eigenvalue weighted by atomic mass is 9.95. The number of halogens is 4. The third-order valence-corrected chi connectivity index (χ3v) is 3.54. The van der Waals surface area contributed by atoms with E-state index in [1.165, 1.54) is 12.1 Å². The molecule has 0 saturated heterocycles. The van der Waals surface area contributed by atoms with E-state index >= 15 is 0 Å². The first-order valence-electron chi connectivity index (χ1n) is 5.63. The summed E-state index contributed by atoms with van der Waals surface area (Å²) >= 11 is 3.19. The lowest BCUT2D eigenvalue weighted by Gasteiger charge is -2.35. The summed E-state index contributed by atoms with van der Waals surface area (Å²) < 4.78 is 38.6. The lowest BCUT2D eigenvalue weighted by Crippen LogP contribution is -2.52. The topological polar surface area (TPSA) is 57.6 Å². The Morgan fingerprint density at radius 3 is 2.55 bits per heavy atom. The fourth-order valence-electron chi connectivity index (χ4n) is 2.20. The number of amides is 1. The molecule has 1 aliphatic rings. The maximum Gasteiger partial charge on any atom is 0.471 e. The summed E-state index contributed by atoms with van der Waals surface area (Å²) in [6, 6.07) is 2.87. The number of nitrogens with zero attached hydrogens (tertiary/aromatic N) is 1. The Morgan fingerprint density at radius 2 is 2.00 bits per heavy atom. The monoisotopic (exact) mass is 351 g/mol. The van der Waals surface area contributed by atoms with Crippen molar-refractivity contribution in [3.05, 3.63) is 28.2 Å². The van der Waals surface area contributed by atoms with E-state index < -0.39 is 24.1 Å². The SMILES string of the molecule is O=C(O)C1CCc2cc(Br)ccc2N1C(=O)C(F)(F)F. The van der Waals surface area contributed by atoms with Gasteiger partial charge in [0.25, 0.3) is 0 Å². The van der Waals surface area contributed by atoms with E-state index in [4.69, 9.17) is 5.11 Å². The van der Waals surface area contributed by atoms with Gasteiger partial charge in [-0.05, 0) is 36.6 Å². The summed E-state index contributed by atoms with van der Waals surface area (Å²) in [5.74, 6) is -3.61. The molecule has 2 rings (SSSR count). The highest BCUT2D eigenvalue weighted by atomic mass is 79.9. The molecule has 1 aliphatic heterocycles. The normalized spacial score (nSPS) is 18.6. The minimum absolute atomic E-state index is 0.00539. The van der Waals surface area contributed by atoms with Crippen LogP contribution in [0.1, 0.15) is 12.0 Å². The van der Waals surface area contributed by atoms with Crippen LogP contribution < -0.4 is 4.90 Å². The average molecular weight is 352 g/mol. The van der Waals surface area contributed by atoms with E-state index in [0.29, 0.717) is 21.4 Å². The fraction of sp³-hybridized carbons (Fsp3) is 0.333. The summed E-state index contributed by atoms with van der Waals surface area (Å²) in [5.41, 5.74) is 0.503. The molecule has 0 spiro atoms. The molecule has 0 radical (unpaired) electrons. The first-order chi connectivity index (χ1) is 9.21. The lowest BCUT2D eigenvalue weighted by molar-refractivity contribution is -0.172. The largest absolute Gasteiger partial charge is 0.480 e. The number of benzene rings is 1. The van der Waals surface area contributed by atoms with Crippen LogP contribution in [0, 0.1) is 0 Å². The van der Waals surface area contributed by atoms with Gasteiger partial charge in [0.05, 0.1) is 0 Å². The second-order valence-electron chi connectivity index (χ2n) is 4.34. The first-order valence-corrected chi connectivity index (χ1v) is 6.42. The molecule has 0 aliphatic carbocycles. The smallest absolute Gasteiger partial charge is 0.471 e. The van der Waals surface area contributed by atoms with Crippen LogP contribution in [-0.4, -0.2) is 29.2 Å². The molecule has 20 heavy (non-hydrogen) atoms. The number of hydrogen-bond donors (Lipinski definition) is 1. The van der Waals surface area contributed by atoms with Gasteiger partial charge in [-0.3, -0.25) is 9.69 Å². The van der Waals surface area contributed by atoms with Gasteiger partial charge in [0.15, 0.2) is 0 Å². The molecule has 0 saturated carbocycles. The molecular weight excluding hydrogens is 343 g/mol. The van der Waals surface area contributed by atoms with Gasteiger partial charge < -0.3 is 5.11 Å². The number of rotatable bonds is 1. The maximum absolute atomic E-state index is 12.7. The van der Waals surface area contributed by atoms with Crippen LogP contribution in [-0.2, 0) is 16.0 Å². The van der Waals surface area contributed by atoms with Gasteiger partial charge in [0, 0.05) is 10.2 Å². The molecule has 1 aromatic carbocycles. The summed E-state index contributed by atoms with van der Waals surface area (Å²) in [6.45, 7) is 0. The van der Waals surface area contributed by atoms with Crippen molar-refractivity contribution < 1.29 is 27.9 Å². The second-order valence-corrected chi connectivity index (χ2v) is 5.25. The molecular formula is C12H9BrF3NO3. The van der Waals surface area contributed by atoms with Crippen LogP contribution in [0.4, 0.5) is 18.9 Å². The van der Waals surface area contributed by atoms with E-state index in [1.807, 2.05) is 0 Å². The van der Waals surface area contributed by atoms with Gasteiger partial charge in [-0.1, -0.05) is 15.9 Å². The van der Waals surface area contributed by atoms with Crippen molar-refractivity contribution in [2.24, 2.45) is 0 Å². The zero-order chi connectivity index (χ0) is 15.1. The highest BCUT2D eigenvalue weighted by molar-refractivity contribution is 9.10. The van der Waals surface area contributed by atoms with E-state index in [1.54, 1.807) is 6.07 Å². The van der Waals surface area contributed by atoms with Gasteiger partial charge in [0.1, 0.15) is 6.04 Å². The standard InChI is InChI=1S/C12H9BrF3NO3/c13-7-2-4-8-6(5-7)1-3-9(10(18)19)17(8)11(20)12(14,15)16/h2,4-5,9H,1,3H2,(H,18,19). The zero-order valence-electron chi connectivity index (χ0n) is 9.95. The Kier molecular flexibility index (Phi) is 3.77. The average Bonchev–Trinajstić information content (AvgIpc) is 2.34. The number of hydrogen-bond acceptors (Lipinski definition) is 2. The van der Waals surface area contributed by atoms with Crippen LogP contribution in [0.3, 0.4) is 0 Å². The van der Waals surface area contributed by atoms with Gasteiger partial charge in [-0.15, -0.1) is 0 Å². The van der Waals surface area contributed by atoms with Gasteiger partial charge in [-0.25, -0.2) is 4.79 Å². The highest BCUT2D eigenvalue weighted by Gasteiger charge is 2.48. The van der Waals surface area contributed by atoms with Gasteiger partial charge >= 0.3 is 18.1 Å².